The van der Waals surface area contributed by atoms with Crippen LogP contribution >= 0.6 is 0 Å². The molecular weight excluding hydrogens is 319 g/mol. The fraction of sp³-hybridized carbons (Fsp3) is 0.368. The second-order valence-electron chi connectivity index (χ2n) is 6.47. The third-order valence-electron chi connectivity index (χ3n) is 4.31. The number of nitrogens with zero attached hydrogens (tertiary/aromatic N) is 2. The number of amides is 2. The van der Waals surface area contributed by atoms with Gasteiger partial charge in [0.05, 0.1) is 5.69 Å². The average Bonchev–Trinajstić information content (AvgIpc) is 3.01. The minimum Gasteiger partial charge on any atom is -0.367 e. The Bertz CT molecular complexity index is 745. The molecule has 6 heteroatoms. The van der Waals surface area contributed by atoms with Crippen LogP contribution < -0.4 is 15.5 Å². The Labute approximate surface area is 147 Å². The molecule has 132 valence electrons. The molecule has 2 N–H and O–H groups in total. The largest absolute Gasteiger partial charge is 0.367 e. The zero-order valence-corrected chi connectivity index (χ0v) is 14.6. The minimum atomic E-state index is -0.226. The molecular formula is C19H23FN4O. The molecule has 25 heavy (non-hydrogen) atoms. The molecule has 0 saturated carbocycles. The summed E-state index contributed by atoms with van der Waals surface area (Å²) >= 11 is 0. The number of halogens is 1. The van der Waals surface area contributed by atoms with Gasteiger partial charge in [-0.05, 0) is 50.1 Å². The first-order valence-corrected chi connectivity index (χ1v) is 8.49. The normalized spacial score (nSPS) is 16.8. The summed E-state index contributed by atoms with van der Waals surface area (Å²) in [6.45, 7) is 5.68. The summed E-state index contributed by atoms with van der Waals surface area (Å²) in [7, 11) is 0. The summed E-state index contributed by atoms with van der Waals surface area (Å²) in [5.74, 6) is -0.226. The van der Waals surface area contributed by atoms with Crippen molar-refractivity contribution in [1.29, 1.82) is 0 Å². The quantitative estimate of drug-likeness (QED) is 0.898. The van der Waals surface area contributed by atoms with Crippen molar-refractivity contribution in [2.24, 2.45) is 0 Å². The molecule has 0 aliphatic carbocycles. The Balaban J connectivity index is 1.50. The highest BCUT2D eigenvalue weighted by Crippen LogP contribution is 2.23. The van der Waals surface area contributed by atoms with Crippen molar-refractivity contribution in [3.05, 3.63) is 59.2 Å². The van der Waals surface area contributed by atoms with E-state index in [9.17, 15) is 9.18 Å². The van der Waals surface area contributed by atoms with Gasteiger partial charge in [0.1, 0.15) is 5.82 Å². The number of aryl methyl sites for hydroxylation is 2. The van der Waals surface area contributed by atoms with Crippen molar-refractivity contribution in [2.75, 3.05) is 18.0 Å². The van der Waals surface area contributed by atoms with Crippen LogP contribution in [0.25, 0.3) is 0 Å². The number of benzene rings is 1. The molecule has 1 aromatic carbocycles. The van der Waals surface area contributed by atoms with Crippen LogP contribution in [0.3, 0.4) is 0 Å². The zero-order chi connectivity index (χ0) is 17.8. The predicted molar refractivity (Wildman–Crippen MR) is 96.1 cm³/mol. The van der Waals surface area contributed by atoms with E-state index in [-0.39, 0.29) is 17.9 Å². The Kier molecular flexibility index (Phi) is 5.16. The number of urea groups is 1. The molecule has 0 spiro atoms. The number of aromatic nitrogens is 1. The van der Waals surface area contributed by atoms with E-state index in [1.807, 2.05) is 36.9 Å². The molecule has 3 rings (SSSR count). The van der Waals surface area contributed by atoms with Crippen LogP contribution in [0.1, 0.15) is 23.4 Å². The zero-order valence-electron chi connectivity index (χ0n) is 14.6. The van der Waals surface area contributed by atoms with Gasteiger partial charge in [0.25, 0.3) is 0 Å². The van der Waals surface area contributed by atoms with Crippen LogP contribution in [0.2, 0.25) is 0 Å². The van der Waals surface area contributed by atoms with Gasteiger partial charge in [0.15, 0.2) is 0 Å². The monoisotopic (exact) mass is 342 g/mol. The summed E-state index contributed by atoms with van der Waals surface area (Å²) < 4.78 is 13.9. The molecule has 1 aromatic heterocycles. The number of para-hydroxylation sites is 1. The van der Waals surface area contributed by atoms with Gasteiger partial charge in [-0.15, -0.1) is 0 Å². The molecule has 1 atom stereocenters. The molecule has 1 aliphatic heterocycles. The van der Waals surface area contributed by atoms with Gasteiger partial charge in [0, 0.05) is 37.1 Å². The third-order valence-corrected chi connectivity index (χ3v) is 4.31. The number of nitrogens with one attached hydrogen (secondary N) is 2. The van der Waals surface area contributed by atoms with Crippen LogP contribution in [-0.2, 0) is 6.54 Å². The van der Waals surface area contributed by atoms with E-state index in [0.29, 0.717) is 18.8 Å². The van der Waals surface area contributed by atoms with Gasteiger partial charge < -0.3 is 15.5 Å². The first-order valence-electron chi connectivity index (χ1n) is 8.49. The number of rotatable bonds is 4. The summed E-state index contributed by atoms with van der Waals surface area (Å²) in [4.78, 5) is 18.4. The van der Waals surface area contributed by atoms with Gasteiger partial charge in [-0.25, -0.2) is 9.18 Å². The highest BCUT2D eigenvalue weighted by Gasteiger charge is 2.25. The SMILES string of the molecule is Cc1cc(CNC(=O)NC2CCN(c3ccccc3F)C2)cc(C)n1. The van der Waals surface area contributed by atoms with Gasteiger partial charge in [-0.1, -0.05) is 12.1 Å². The van der Waals surface area contributed by atoms with E-state index in [1.165, 1.54) is 6.07 Å². The molecule has 0 radical (unpaired) electrons. The van der Waals surface area contributed by atoms with Crippen molar-refractivity contribution in [3.8, 4) is 0 Å². The maximum atomic E-state index is 13.9. The van der Waals surface area contributed by atoms with Gasteiger partial charge in [-0.2, -0.15) is 0 Å². The Morgan fingerprint density at radius 2 is 2.00 bits per heavy atom. The lowest BCUT2D eigenvalue weighted by Crippen LogP contribution is -2.43. The Hall–Kier alpha value is -2.63. The van der Waals surface area contributed by atoms with Crippen molar-refractivity contribution >= 4 is 11.7 Å². The fourth-order valence-corrected chi connectivity index (χ4v) is 3.25. The summed E-state index contributed by atoms with van der Waals surface area (Å²) in [6.07, 6.45) is 0.801. The summed E-state index contributed by atoms with van der Waals surface area (Å²) in [6, 6.07) is 10.5. The lowest BCUT2D eigenvalue weighted by atomic mass is 10.2. The van der Waals surface area contributed by atoms with Crippen LogP contribution in [0.15, 0.2) is 36.4 Å². The molecule has 1 unspecified atom stereocenters. The average molecular weight is 342 g/mol. The maximum absolute atomic E-state index is 13.9. The van der Waals surface area contributed by atoms with Crippen molar-refractivity contribution in [2.45, 2.75) is 32.9 Å². The van der Waals surface area contributed by atoms with E-state index in [0.717, 1.165) is 29.9 Å². The van der Waals surface area contributed by atoms with Gasteiger partial charge >= 0.3 is 6.03 Å². The van der Waals surface area contributed by atoms with E-state index in [1.54, 1.807) is 12.1 Å². The molecule has 2 amide bonds. The van der Waals surface area contributed by atoms with Crippen LogP contribution in [-0.4, -0.2) is 30.1 Å². The first-order chi connectivity index (χ1) is 12.0. The fourth-order valence-electron chi connectivity index (χ4n) is 3.25. The summed E-state index contributed by atoms with van der Waals surface area (Å²) in [5, 5.41) is 5.84. The number of hydrogen-bond acceptors (Lipinski definition) is 3. The minimum absolute atomic E-state index is 0.0144. The number of anilines is 1. The first kappa shape index (κ1) is 17.2. The Morgan fingerprint density at radius 3 is 2.72 bits per heavy atom. The van der Waals surface area contributed by atoms with E-state index in [4.69, 9.17) is 0 Å². The number of carbonyl (C=O) groups is 1. The van der Waals surface area contributed by atoms with Gasteiger partial charge in [-0.3, -0.25) is 4.98 Å². The van der Waals surface area contributed by atoms with Crippen molar-refractivity contribution in [1.82, 2.24) is 15.6 Å². The number of hydrogen-bond donors (Lipinski definition) is 2. The molecule has 1 saturated heterocycles. The van der Waals surface area contributed by atoms with E-state index in [2.05, 4.69) is 15.6 Å². The van der Waals surface area contributed by atoms with Crippen LogP contribution in [0.5, 0.6) is 0 Å². The second-order valence-corrected chi connectivity index (χ2v) is 6.47. The lowest BCUT2D eigenvalue weighted by molar-refractivity contribution is 0.237. The van der Waals surface area contributed by atoms with Gasteiger partial charge in [0.2, 0.25) is 0 Å². The summed E-state index contributed by atoms with van der Waals surface area (Å²) in [5.41, 5.74) is 3.50. The smallest absolute Gasteiger partial charge is 0.315 e. The lowest BCUT2D eigenvalue weighted by Gasteiger charge is -2.19. The van der Waals surface area contributed by atoms with Crippen molar-refractivity contribution < 1.29 is 9.18 Å². The molecule has 0 bridgehead atoms. The highest BCUT2D eigenvalue weighted by molar-refractivity contribution is 5.74. The number of pyridine rings is 1. The maximum Gasteiger partial charge on any atom is 0.315 e. The third kappa shape index (κ3) is 4.47. The topological polar surface area (TPSA) is 57.3 Å². The molecule has 1 fully saturated rings. The van der Waals surface area contributed by atoms with E-state index < -0.39 is 0 Å². The van der Waals surface area contributed by atoms with Crippen LogP contribution in [0, 0.1) is 19.7 Å². The predicted octanol–water partition coefficient (Wildman–Crippen LogP) is 2.92. The second kappa shape index (κ2) is 7.51. The van der Waals surface area contributed by atoms with Crippen LogP contribution in [0.4, 0.5) is 14.9 Å². The molecule has 5 nitrogen and oxygen atoms in total. The molecule has 1 aliphatic rings. The van der Waals surface area contributed by atoms with Crippen molar-refractivity contribution in [3.63, 3.8) is 0 Å². The Morgan fingerprint density at radius 1 is 1.28 bits per heavy atom. The number of carbonyl (C=O) groups excluding carboxylic acids is 1. The standard InChI is InChI=1S/C19H23FN4O/c1-13-9-15(10-14(2)22-13)11-21-19(25)23-16-7-8-24(12-16)18-6-4-3-5-17(18)20/h3-6,9-10,16H,7-8,11-12H2,1-2H3,(H2,21,23,25). The molecule has 2 heterocycles. The van der Waals surface area contributed by atoms with E-state index >= 15 is 0 Å². The molecule has 2 aromatic rings. The highest BCUT2D eigenvalue weighted by atomic mass is 19.1.